The fourth-order valence-electron chi connectivity index (χ4n) is 1.23. The van der Waals surface area contributed by atoms with Crippen molar-refractivity contribution in [2.75, 3.05) is 0 Å². The Morgan fingerprint density at radius 3 is 1.93 bits per heavy atom. The topological polar surface area (TPSA) is 9.23 Å². The van der Waals surface area contributed by atoms with Crippen LogP contribution < -0.4 is 4.74 Å². The molecule has 2 rings (SSSR count). The van der Waals surface area contributed by atoms with Crippen LogP contribution >= 0.6 is 0 Å². The minimum absolute atomic E-state index is 0.793. The van der Waals surface area contributed by atoms with E-state index in [0.717, 1.165) is 15.9 Å². The normalized spacial score (nSPS) is 9.60. The van der Waals surface area contributed by atoms with E-state index in [1.165, 1.54) is 0 Å². The second-order valence-electron chi connectivity index (χ2n) is 3.07. The van der Waals surface area contributed by atoms with Crippen molar-refractivity contribution in [3.63, 3.8) is 0 Å². The van der Waals surface area contributed by atoms with Crippen LogP contribution in [0.4, 0.5) is 0 Å². The van der Waals surface area contributed by atoms with Gasteiger partial charge in [0.1, 0.15) is 0 Å². The van der Waals surface area contributed by atoms with Crippen LogP contribution in [0.15, 0.2) is 60.7 Å². The molecule has 0 N–H and O–H groups in total. The molecule has 0 radical (unpaired) electrons. The van der Waals surface area contributed by atoms with E-state index in [9.17, 15) is 0 Å². The summed E-state index contributed by atoms with van der Waals surface area (Å²) < 4.78 is 6.45. The zero-order chi connectivity index (χ0) is 10.5. The van der Waals surface area contributed by atoms with Crippen molar-refractivity contribution >= 4 is 4.57 Å². The van der Waals surface area contributed by atoms with Crippen LogP contribution in [0.2, 0.25) is 0 Å². The molecule has 0 bridgehead atoms. The number of benzene rings is 2. The van der Waals surface area contributed by atoms with Gasteiger partial charge < -0.3 is 0 Å². The van der Waals surface area contributed by atoms with Crippen LogP contribution in [0.25, 0.3) is 0 Å². The van der Waals surface area contributed by atoms with Crippen LogP contribution in [0, 0.1) is 0 Å². The fraction of sp³-hybridized carbons (Fsp3) is 0. The summed E-state index contributed by atoms with van der Waals surface area (Å²) in [4.78, 5) is 0. The summed E-state index contributed by atoms with van der Waals surface area (Å²) in [5, 5.41) is 0. The molecular weight excluding hydrogens is 224 g/mol. The fourth-order valence-corrected chi connectivity index (χ4v) is 1.59. The standard InChI is InChI=1S/C13H10O.Cr/c1-3-7-12(8-4-1)11-14-13-9-5-2-6-10-13;/h1-10H;. The maximum atomic E-state index is 5.66. The van der Waals surface area contributed by atoms with Crippen molar-refractivity contribution in [3.05, 3.63) is 66.2 Å². The Hall–Kier alpha value is -1.36. The van der Waals surface area contributed by atoms with Gasteiger partial charge in [-0.05, 0) is 0 Å². The first-order valence-corrected chi connectivity index (χ1v) is 5.32. The van der Waals surface area contributed by atoms with Gasteiger partial charge in [0.25, 0.3) is 0 Å². The Bertz CT molecular complexity index is 437. The van der Waals surface area contributed by atoms with Crippen molar-refractivity contribution in [2.45, 2.75) is 0 Å². The van der Waals surface area contributed by atoms with Crippen molar-refractivity contribution in [1.29, 1.82) is 0 Å². The molecule has 0 aliphatic rings. The van der Waals surface area contributed by atoms with E-state index in [2.05, 4.69) is 15.9 Å². The van der Waals surface area contributed by atoms with E-state index in [4.69, 9.17) is 4.74 Å². The molecular formula is C13H10CrO. The van der Waals surface area contributed by atoms with Crippen LogP contribution in [-0.4, -0.2) is 4.57 Å². The average molecular weight is 234 g/mol. The second-order valence-corrected chi connectivity index (χ2v) is 3.65. The SMILES string of the molecule is [Cr]=[C](Oc1ccccc1)c1ccccc1. The Morgan fingerprint density at radius 2 is 1.33 bits per heavy atom. The molecule has 2 heteroatoms. The van der Waals surface area contributed by atoms with Crippen LogP contribution in [0.1, 0.15) is 5.56 Å². The molecule has 0 aliphatic carbocycles. The summed E-state index contributed by atoms with van der Waals surface area (Å²) in [7, 11) is 0. The third-order valence-corrected chi connectivity index (χ3v) is 2.46. The second kappa shape index (κ2) is 4.93. The Balaban J connectivity index is 2.12. The number of hydrogen-bond acceptors (Lipinski definition) is 1. The Kier molecular flexibility index (Phi) is 3.34. The molecule has 0 aliphatic heterocycles. The summed E-state index contributed by atoms with van der Waals surface area (Å²) in [5.74, 6) is 0.843. The van der Waals surface area contributed by atoms with E-state index in [-0.39, 0.29) is 0 Å². The molecule has 0 unspecified atom stereocenters. The Morgan fingerprint density at radius 1 is 0.800 bits per heavy atom. The predicted octanol–water partition coefficient (Wildman–Crippen LogP) is 2.79. The van der Waals surface area contributed by atoms with Gasteiger partial charge in [-0.1, -0.05) is 0 Å². The quantitative estimate of drug-likeness (QED) is 0.793. The van der Waals surface area contributed by atoms with Gasteiger partial charge in [0.15, 0.2) is 0 Å². The Labute approximate surface area is 97.3 Å². The minimum atomic E-state index is 0.793. The van der Waals surface area contributed by atoms with Gasteiger partial charge in [-0.2, -0.15) is 0 Å². The molecule has 0 saturated carbocycles. The molecule has 0 heterocycles. The molecule has 0 amide bonds. The summed E-state index contributed by atoms with van der Waals surface area (Å²) in [5.41, 5.74) is 1.06. The van der Waals surface area contributed by atoms with Gasteiger partial charge in [-0.15, -0.1) is 0 Å². The van der Waals surface area contributed by atoms with Gasteiger partial charge in [-0.3, -0.25) is 0 Å². The van der Waals surface area contributed by atoms with Gasteiger partial charge in [0.05, 0.1) is 0 Å². The first kappa shape index (κ1) is 10.2. The predicted molar refractivity (Wildman–Crippen MR) is 57.6 cm³/mol. The molecule has 2 aromatic carbocycles. The van der Waals surface area contributed by atoms with Gasteiger partial charge >= 0.3 is 97.1 Å². The van der Waals surface area contributed by atoms with Crippen molar-refractivity contribution in [1.82, 2.24) is 0 Å². The van der Waals surface area contributed by atoms with E-state index in [1.807, 2.05) is 60.7 Å². The van der Waals surface area contributed by atoms with Gasteiger partial charge in [0.2, 0.25) is 0 Å². The number of para-hydroxylation sites is 1. The summed E-state index contributed by atoms with van der Waals surface area (Å²) in [6.07, 6.45) is 0. The third kappa shape index (κ3) is 2.79. The van der Waals surface area contributed by atoms with Crippen LogP contribution in [0.5, 0.6) is 5.75 Å². The number of hydrogen-bond donors (Lipinski definition) is 0. The zero-order valence-electron chi connectivity index (χ0n) is 8.09. The van der Waals surface area contributed by atoms with Crippen molar-refractivity contribution < 1.29 is 20.6 Å². The molecule has 74 valence electrons. The molecule has 0 aromatic heterocycles. The third-order valence-electron chi connectivity index (χ3n) is 1.96. The molecule has 0 spiro atoms. The van der Waals surface area contributed by atoms with Gasteiger partial charge in [-0.25, -0.2) is 0 Å². The van der Waals surface area contributed by atoms with E-state index in [0.29, 0.717) is 0 Å². The first-order valence-electron chi connectivity index (χ1n) is 4.68. The molecule has 1 nitrogen and oxygen atoms in total. The molecule has 15 heavy (non-hydrogen) atoms. The average Bonchev–Trinajstić information content (AvgIpc) is 2.31. The summed E-state index contributed by atoms with van der Waals surface area (Å²) >= 11 is 2.94. The van der Waals surface area contributed by atoms with Crippen molar-refractivity contribution in [3.8, 4) is 5.75 Å². The van der Waals surface area contributed by atoms with Crippen LogP contribution in [0.3, 0.4) is 0 Å². The van der Waals surface area contributed by atoms with Crippen molar-refractivity contribution in [2.24, 2.45) is 0 Å². The molecule has 2 aromatic rings. The maximum absolute atomic E-state index is 5.66. The summed E-state index contributed by atoms with van der Waals surface area (Å²) in [6.45, 7) is 0. The number of rotatable bonds is 3. The van der Waals surface area contributed by atoms with E-state index >= 15 is 0 Å². The van der Waals surface area contributed by atoms with E-state index < -0.39 is 0 Å². The van der Waals surface area contributed by atoms with Gasteiger partial charge in [0, 0.05) is 0 Å². The first-order chi connectivity index (χ1) is 7.36. The monoisotopic (exact) mass is 234 g/mol. The molecule has 0 atom stereocenters. The summed E-state index contributed by atoms with van der Waals surface area (Å²) in [6, 6.07) is 19.7. The molecule has 0 saturated heterocycles. The number of ether oxygens (including phenoxy) is 1. The zero-order valence-corrected chi connectivity index (χ0v) is 9.37. The molecule has 0 fully saturated rings. The van der Waals surface area contributed by atoms with E-state index in [1.54, 1.807) is 0 Å². The van der Waals surface area contributed by atoms with Crippen LogP contribution in [-0.2, 0) is 15.9 Å².